The van der Waals surface area contributed by atoms with E-state index in [1.165, 1.54) is 17.5 Å². The number of nitrogens with one attached hydrogen (secondary N) is 1. The van der Waals surface area contributed by atoms with E-state index in [-0.39, 0.29) is 5.54 Å². The third-order valence-electron chi connectivity index (χ3n) is 4.80. The van der Waals surface area contributed by atoms with Crippen LogP contribution in [0.3, 0.4) is 0 Å². The first kappa shape index (κ1) is 12.7. The van der Waals surface area contributed by atoms with Crippen molar-refractivity contribution in [1.29, 1.82) is 5.26 Å². The summed E-state index contributed by atoms with van der Waals surface area (Å²) in [6.45, 7) is 2.10. The Hall–Kier alpha value is -1.37. The molecule has 1 aromatic carbocycles. The molecule has 0 bridgehead atoms. The van der Waals surface area contributed by atoms with E-state index < -0.39 is 0 Å². The number of hydrogen-bond acceptors (Lipinski definition) is 3. The first-order valence-corrected chi connectivity index (χ1v) is 7.17. The average molecular weight is 255 g/mol. The van der Waals surface area contributed by atoms with Crippen molar-refractivity contribution >= 4 is 0 Å². The van der Waals surface area contributed by atoms with Crippen molar-refractivity contribution in [2.45, 2.75) is 50.4 Å². The monoisotopic (exact) mass is 255 g/mol. The summed E-state index contributed by atoms with van der Waals surface area (Å²) in [4.78, 5) is 2.55. The van der Waals surface area contributed by atoms with E-state index in [0.717, 1.165) is 32.4 Å². The minimum absolute atomic E-state index is 0.308. The molecule has 19 heavy (non-hydrogen) atoms. The lowest BCUT2D eigenvalue weighted by Gasteiger charge is -2.39. The highest BCUT2D eigenvalue weighted by Gasteiger charge is 2.38. The van der Waals surface area contributed by atoms with Crippen LogP contribution in [-0.4, -0.2) is 23.5 Å². The smallest absolute Gasteiger partial charge is 0.108 e. The predicted molar refractivity (Wildman–Crippen MR) is 75.3 cm³/mol. The largest absolute Gasteiger partial charge is 0.302 e. The van der Waals surface area contributed by atoms with E-state index in [0.29, 0.717) is 6.04 Å². The van der Waals surface area contributed by atoms with Crippen molar-refractivity contribution in [1.82, 2.24) is 10.2 Å². The highest BCUT2D eigenvalue weighted by atomic mass is 15.2. The molecule has 2 unspecified atom stereocenters. The fourth-order valence-corrected chi connectivity index (χ4v) is 3.56. The van der Waals surface area contributed by atoms with Gasteiger partial charge in [0.1, 0.15) is 5.54 Å². The maximum atomic E-state index is 9.44. The highest BCUT2D eigenvalue weighted by Crippen LogP contribution is 2.34. The van der Waals surface area contributed by atoms with Crippen LogP contribution < -0.4 is 5.32 Å². The molecule has 2 atom stereocenters. The summed E-state index contributed by atoms with van der Waals surface area (Å²) in [7, 11) is 1.92. The van der Waals surface area contributed by atoms with Crippen LogP contribution in [0, 0.1) is 11.3 Å². The van der Waals surface area contributed by atoms with Gasteiger partial charge in [0, 0.05) is 19.1 Å². The van der Waals surface area contributed by atoms with E-state index >= 15 is 0 Å². The lowest BCUT2D eigenvalue weighted by atomic mass is 9.79. The molecule has 0 aromatic heterocycles. The molecule has 100 valence electrons. The number of rotatable bonds is 2. The zero-order chi connectivity index (χ0) is 13.3. The normalized spacial score (nSPS) is 30.8. The molecular formula is C16H21N3. The number of benzene rings is 1. The predicted octanol–water partition coefficient (Wildman–Crippen LogP) is 2.43. The zero-order valence-electron chi connectivity index (χ0n) is 11.5. The van der Waals surface area contributed by atoms with Gasteiger partial charge in [-0.25, -0.2) is 0 Å². The molecule has 0 saturated heterocycles. The van der Waals surface area contributed by atoms with Gasteiger partial charge in [-0.2, -0.15) is 5.26 Å². The molecule has 1 N–H and O–H groups in total. The van der Waals surface area contributed by atoms with E-state index in [1.807, 2.05) is 7.05 Å². The Kier molecular flexibility index (Phi) is 3.30. The molecule has 0 amide bonds. The van der Waals surface area contributed by atoms with Crippen molar-refractivity contribution in [2.75, 3.05) is 7.05 Å². The fourth-order valence-electron chi connectivity index (χ4n) is 3.56. The second-order valence-corrected chi connectivity index (χ2v) is 5.87. The topological polar surface area (TPSA) is 39.1 Å². The maximum absolute atomic E-state index is 9.44. The molecule has 3 heteroatoms. The van der Waals surface area contributed by atoms with Crippen molar-refractivity contribution in [3.8, 4) is 6.07 Å². The van der Waals surface area contributed by atoms with Gasteiger partial charge >= 0.3 is 0 Å². The van der Waals surface area contributed by atoms with Crippen molar-refractivity contribution in [3.05, 3.63) is 35.4 Å². The molecule has 1 fully saturated rings. The summed E-state index contributed by atoms with van der Waals surface area (Å²) in [5.74, 6) is 0. The molecular weight excluding hydrogens is 234 g/mol. The van der Waals surface area contributed by atoms with E-state index in [9.17, 15) is 5.26 Å². The van der Waals surface area contributed by atoms with Crippen LogP contribution in [0.15, 0.2) is 24.3 Å². The SMILES string of the molecule is CNC1(C#N)CCCC(N2Cc3ccccc3C2)C1. The molecule has 3 rings (SSSR count). The third-order valence-corrected chi connectivity index (χ3v) is 4.80. The van der Waals surface area contributed by atoms with Crippen LogP contribution in [0.1, 0.15) is 36.8 Å². The standard InChI is InChI=1S/C16H21N3/c1-18-16(12-17)8-4-7-15(9-16)19-10-13-5-2-3-6-14(13)11-19/h2-3,5-6,15,18H,4,7-11H2,1H3. The van der Waals surface area contributed by atoms with Gasteiger partial charge < -0.3 is 5.32 Å². The summed E-state index contributed by atoms with van der Waals surface area (Å²) in [6.07, 6.45) is 4.30. The number of nitrogens with zero attached hydrogens (tertiary/aromatic N) is 2. The molecule has 1 aromatic rings. The molecule has 0 radical (unpaired) electrons. The Balaban J connectivity index is 1.73. The Morgan fingerprint density at radius 1 is 1.32 bits per heavy atom. The van der Waals surface area contributed by atoms with Gasteiger partial charge in [-0.15, -0.1) is 0 Å². The van der Waals surface area contributed by atoms with Crippen LogP contribution in [0.25, 0.3) is 0 Å². The average Bonchev–Trinajstić information content (AvgIpc) is 2.91. The Morgan fingerprint density at radius 2 is 2.00 bits per heavy atom. The Labute approximate surface area is 115 Å². The fraction of sp³-hybridized carbons (Fsp3) is 0.562. The Morgan fingerprint density at radius 3 is 2.58 bits per heavy atom. The lowest BCUT2D eigenvalue weighted by Crippen LogP contribution is -2.50. The molecule has 1 aliphatic heterocycles. The molecule has 1 aliphatic carbocycles. The van der Waals surface area contributed by atoms with Crippen LogP contribution in [-0.2, 0) is 13.1 Å². The summed E-state index contributed by atoms with van der Waals surface area (Å²) >= 11 is 0. The summed E-state index contributed by atoms with van der Waals surface area (Å²) in [5.41, 5.74) is 2.61. The van der Waals surface area contributed by atoms with Crippen LogP contribution in [0.5, 0.6) is 0 Å². The molecule has 1 heterocycles. The minimum atomic E-state index is -0.308. The summed E-state index contributed by atoms with van der Waals surface area (Å²) in [6, 6.07) is 11.7. The van der Waals surface area contributed by atoms with E-state index in [1.54, 1.807) is 0 Å². The van der Waals surface area contributed by atoms with Gasteiger partial charge in [0.05, 0.1) is 6.07 Å². The lowest BCUT2D eigenvalue weighted by molar-refractivity contribution is 0.121. The van der Waals surface area contributed by atoms with Crippen molar-refractivity contribution in [3.63, 3.8) is 0 Å². The van der Waals surface area contributed by atoms with E-state index in [2.05, 4.69) is 40.6 Å². The van der Waals surface area contributed by atoms with Gasteiger partial charge in [0.2, 0.25) is 0 Å². The summed E-state index contributed by atoms with van der Waals surface area (Å²) < 4.78 is 0. The van der Waals surface area contributed by atoms with Crippen LogP contribution >= 0.6 is 0 Å². The van der Waals surface area contributed by atoms with E-state index in [4.69, 9.17) is 0 Å². The zero-order valence-corrected chi connectivity index (χ0v) is 11.5. The number of nitriles is 1. The molecule has 0 spiro atoms. The second-order valence-electron chi connectivity index (χ2n) is 5.87. The van der Waals surface area contributed by atoms with Gasteiger partial charge in [0.25, 0.3) is 0 Å². The first-order valence-electron chi connectivity index (χ1n) is 7.17. The third kappa shape index (κ3) is 2.27. The quantitative estimate of drug-likeness (QED) is 0.882. The van der Waals surface area contributed by atoms with Crippen molar-refractivity contribution < 1.29 is 0 Å². The minimum Gasteiger partial charge on any atom is -0.302 e. The first-order chi connectivity index (χ1) is 9.26. The number of hydrogen-bond donors (Lipinski definition) is 1. The Bertz CT molecular complexity index is 480. The highest BCUT2D eigenvalue weighted by molar-refractivity contribution is 5.30. The molecule has 2 aliphatic rings. The van der Waals surface area contributed by atoms with Crippen LogP contribution in [0.2, 0.25) is 0 Å². The molecule has 3 nitrogen and oxygen atoms in total. The van der Waals surface area contributed by atoms with Gasteiger partial charge in [-0.1, -0.05) is 24.3 Å². The second kappa shape index (κ2) is 4.96. The van der Waals surface area contributed by atoms with Gasteiger partial charge in [-0.3, -0.25) is 4.90 Å². The maximum Gasteiger partial charge on any atom is 0.108 e. The van der Waals surface area contributed by atoms with Crippen molar-refractivity contribution in [2.24, 2.45) is 0 Å². The summed E-state index contributed by atoms with van der Waals surface area (Å²) in [5, 5.41) is 12.7. The van der Waals surface area contributed by atoms with Gasteiger partial charge in [0.15, 0.2) is 0 Å². The number of fused-ring (bicyclic) bond motifs is 1. The molecule has 1 saturated carbocycles. The van der Waals surface area contributed by atoms with Crippen LogP contribution in [0.4, 0.5) is 0 Å². The van der Waals surface area contributed by atoms with Gasteiger partial charge in [-0.05, 0) is 43.9 Å².